The summed E-state index contributed by atoms with van der Waals surface area (Å²) < 4.78 is 5.30. The molecular formula is C20H28N4O2. The second kappa shape index (κ2) is 7.89. The summed E-state index contributed by atoms with van der Waals surface area (Å²) >= 11 is 0. The Bertz CT molecular complexity index is 715. The van der Waals surface area contributed by atoms with E-state index in [1.807, 2.05) is 6.07 Å². The second-order valence-corrected chi connectivity index (χ2v) is 8.02. The summed E-state index contributed by atoms with van der Waals surface area (Å²) in [6.07, 6.45) is 3.97. The zero-order valence-electron chi connectivity index (χ0n) is 15.9. The standard InChI is InChI=1S/C20H28N4O2/c1-20(2,3)16(12-11-15-9-5-4-6-10-15)17-21-18(26-23-17)22-19(25)24-13-7-8-14-24/h4-6,9-10,16H,7-8,11-14H2,1-3H3,(H,21,22,23,25). The highest BCUT2D eigenvalue weighted by atomic mass is 16.5. The van der Waals surface area contributed by atoms with E-state index in [2.05, 4.69) is 60.5 Å². The van der Waals surface area contributed by atoms with Crippen molar-refractivity contribution in [2.75, 3.05) is 18.4 Å². The number of anilines is 1. The smallest absolute Gasteiger partial charge is 0.324 e. The van der Waals surface area contributed by atoms with Gasteiger partial charge in [0.15, 0.2) is 5.82 Å². The molecule has 3 rings (SSSR count). The lowest BCUT2D eigenvalue weighted by atomic mass is 9.77. The first-order chi connectivity index (χ1) is 12.4. The van der Waals surface area contributed by atoms with Gasteiger partial charge in [-0.2, -0.15) is 4.98 Å². The third-order valence-corrected chi connectivity index (χ3v) is 4.97. The molecule has 1 aromatic carbocycles. The van der Waals surface area contributed by atoms with Crippen molar-refractivity contribution in [2.45, 2.75) is 52.4 Å². The van der Waals surface area contributed by atoms with Gasteiger partial charge in [0.25, 0.3) is 0 Å². The van der Waals surface area contributed by atoms with Crippen molar-refractivity contribution in [3.05, 3.63) is 41.7 Å². The number of rotatable bonds is 5. The average Bonchev–Trinajstić information content (AvgIpc) is 3.27. The lowest BCUT2D eigenvalue weighted by Crippen LogP contribution is -2.32. The van der Waals surface area contributed by atoms with Gasteiger partial charge in [-0.25, -0.2) is 4.79 Å². The molecule has 1 fully saturated rings. The van der Waals surface area contributed by atoms with Crippen molar-refractivity contribution < 1.29 is 9.32 Å². The van der Waals surface area contributed by atoms with Gasteiger partial charge in [0.05, 0.1) is 0 Å². The van der Waals surface area contributed by atoms with Gasteiger partial charge >= 0.3 is 12.0 Å². The number of urea groups is 1. The molecule has 1 aliphatic rings. The molecule has 0 saturated carbocycles. The molecule has 1 aliphatic heterocycles. The van der Waals surface area contributed by atoms with Gasteiger partial charge in [0, 0.05) is 19.0 Å². The molecule has 2 aromatic rings. The third-order valence-electron chi connectivity index (χ3n) is 4.97. The molecule has 1 unspecified atom stereocenters. The zero-order chi connectivity index (χ0) is 18.6. The largest absolute Gasteiger partial charge is 0.329 e. The Kier molecular flexibility index (Phi) is 5.59. The number of amides is 2. The molecule has 0 aliphatic carbocycles. The van der Waals surface area contributed by atoms with Crippen molar-refractivity contribution in [3.63, 3.8) is 0 Å². The fourth-order valence-corrected chi connectivity index (χ4v) is 3.42. The van der Waals surface area contributed by atoms with Crippen LogP contribution in [0.5, 0.6) is 0 Å². The van der Waals surface area contributed by atoms with Crippen LogP contribution < -0.4 is 5.32 Å². The monoisotopic (exact) mass is 356 g/mol. The first-order valence-electron chi connectivity index (χ1n) is 9.37. The molecule has 6 nitrogen and oxygen atoms in total. The summed E-state index contributed by atoms with van der Waals surface area (Å²) in [6.45, 7) is 8.12. The molecule has 6 heteroatoms. The van der Waals surface area contributed by atoms with Gasteiger partial charge in [-0.15, -0.1) is 0 Å². The number of carbonyl (C=O) groups is 1. The van der Waals surface area contributed by atoms with Crippen molar-refractivity contribution in [1.82, 2.24) is 15.0 Å². The number of benzene rings is 1. The van der Waals surface area contributed by atoms with Gasteiger partial charge in [0.2, 0.25) is 0 Å². The van der Waals surface area contributed by atoms with Crippen LogP contribution >= 0.6 is 0 Å². The quantitative estimate of drug-likeness (QED) is 0.858. The highest BCUT2D eigenvalue weighted by molar-refractivity contribution is 5.87. The maximum absolute atomic E-state index is 12.2. The highest BCUT2D eigenvalue weighted by Crippen LogP contribution is 2.37. The lowest BCUT2D eigenvalue weighted by molar-refractivity contribution is 0.221. The molecule has 0 spiro atoms. The molecule has 1 aromatic heterocycles. The van der Waals surface area contributed by atoms with Gasteiger partial charge in [-0.3, -0.25) is 5.32 Å². The highest BCUT2D eigenvalue weighted by Gasteiger charge is 2.31. The van der Waals surface area contributed by atoms with E-state index in [1.165, 1.54) is 5.56 Å². The molecule has 140 valence electrons. The Morgan fingerprint density at radius 1 is 1.23 bits per heavy atom. The molecule has 26 heavy (non-hydrogen) atoms. The number of hydrogen-bond acceptors (Lipinski definition) is 4. The summed E-state index contributed by atoms with van der Waals surface area (Å²) in [5.74, 6) is 0.800. The Labute approximate surface area is 155 Å². The summed E-state index contributed by atoms with van der Waals surface area (Å²) in [7, 11) is 0. The number of nitrogens with zero attached hydrogens (tertiary/aromatic N) is 3. The van der Waals surface area contributed by atoms with Crippen molar-refractivity contribution >= 4 is 12.0 Å². The lowest BCUT2D eigenvalue weighted by Gasteiger charge is -2.28. The number of aryl methyl sites for hydroxylation is 1. The molecule has 1 atom stereocenters. The Hall–Kier alpha value is -2.37. The average molecular weight is 356 g/mol. The van der Waals surface area contributed by atoms with Gasteiger partial charge < -0.3 is 9.42 Å². The Morgan fingerprint density at radius 2 is 1.92 bits per heavy atom. The molecule has 0 radical (unpaired) electrons. The van der Waals surface area contributed by atoms with Crippen LogP contribution in [0, 0.1) is 5.41 Å². The predicted molar refractivity (Wildman–Crippen MR) is 101 cm³/mol. The number of nitrogens with one attached hydrogen (secondary N) is 1. The summed E-state index contributed by atoms with van der Waals surface area (Å²) in [5.41, 5.74) is 1.29. The van der Waals surface area contributed by atoms with E-state index in [0.717, 1.165) is 38.8 Å². The number of aromatic nitrogens is 2. The van der Waals surface area contributed by atoms with Crippen LogP contribution in [-0.4, -0.2) is 34.2 Å². The van der Waals surface area contributed by atoms with Crippen molar-refractivity contribution in [2.24, 2.45) is 5.41 Å². The zero-order valence-corrected chi connectivity index (χ0v) is 15.9. The van der Waals surface area contributed by atoms with Crippen LogP contribution in [0.1, 0.15) is 57.3 Å². The predicted octanol–water partition coefficient (Wildman–Crippen LogP) is 4.46. The van der Waals surface area contributed by atoms with E-state index < -0.39 is 0 Å². The first-order valence-corrected chi connectivity index (χ1v) is 9.37. The molecule has 0 bridgehead atoms. The second-order valence-electron chi connectivity index (χ2n) is 8.02. The van der Waals surface area contributed by atoms with E-state index in [-0.39, 0.29) is 23.4 Å². The van der Waals surface area contributed by atoms with Crippen LogP contribution in [0.3, 0.4) is 0 Å². The van der Waals surface area contributed by atoms with E-state index in [0.29, 0.717) is 5.82 Å². The summed E-state index contributed by atoms with van der Waals surface area (Å²) in [5, 5.41) is 6.89. The summed E-state index contributed by atoms with van der Waals surface area (Å²) in [6, 6.07) is 10.4. The molecule has 1 saturated heterocycles. The number of hydrogen-bond donors (Lipinski definition) is 1. The fourth-order valence-electron chi connectivity index (χ4n) is 3.42. The Balaban J connectivity index is 1.67. The minimum atomic E-state index is -0.158. The fraction of sp³-hybridized carbons (Fsp3) is 0.550. The molecule has 2 amide bonds. The van der Waals surface area contributed by atoms with E-state index >= 15 is 0 Å². The first kappa shape index (κ1) is 18.4. The van der Waals surface area contributed by atoms with Crippen molar-refractivity contribution in [1.29, 1.82) is 0 Å². The van der Waals surface area contributed by atoms with Crippen LogP contribution in [0.15, 0.2) is 34.9 Å². The van der Waals surface area contributed by atoms with Gasteiger partial charge in [-0.05, 0) is 36.7 Å². The number of likely N-dealkylation sites (tertiary alicyclic amines) is 1. The summed E-state index contributed by atoms with van der Waals surface area (Å²) in [4.78, 5) is 18.4. The van der Waals surface area contributed by atoms with Gasteiger partial charge in [-0.1, -0.05) is 56.3 Å². The SMILES string of the molecule is CC(C)(C)C(CCc1ccccc1)c1noc(NC(=O)N2CCCC2)n1. The topological polar surface area (TPSA) is 71.3 Å². The van der Waals surface area contributed by atoms with E-state index in [9.17, 15) is 4.79 Å². The van der Waals surface area contributed by atoms with Crippen LogP contribution in [0.4, 0.5) is 10.8 Å². The van der Waals surface area contributed by atoms with E-state index in [1.54, 1.807) is 4.90 Å². The van der Waals surface area contributed by atoms with Crippen molar-refractivity contribution in [3.8, 4) is 0 Å². The molecule has 2 heterocycles. The third kappa shape index (κ3) is 4.62. The molecule has 1 N–H and O–H groups in total. The van der Waals surface area contributed by atoms with Crippen LogP contribution in [-0.2, 0) is 6.42 Å². The maximum atomic E-state index is 12.2. The normalized spacial score (nSPS) is 15.9. The van der Waals surface area contributed by atoms with Crippen LogP contribution in [0.2, 0.25) is 0 Å². The molecular weight excluding hydrogens is 328 g/mol. The van der Waals surface area contributed by atoms with E-state index in [4.69, 9.17) is 4.52 Å². The van der Waals surface area contributed by atoms with Gasteiger partial charge in [0.1, 0.15) is 0 Å². The minimum absolute atomic E-state index is 0.00507. The van der Waals surface area contributed by atoms with Crippen LogP contribution in [0.25, 0.3) is 0 Å². The Morgan fingerprint density at radius 3 is 2.58 bits per heavy atom. The maximum Gasteiger partial charge on any atom is 0.329 e. The minimum Gasteiger partial charge on any atom is -0.324 e. The number of carbonyl (C=O) groups excluding carboxylic acids is 1.